The van der Waals surface area contributed by atoms with E-state index in [4.69, 9.17) is 11.5 Å². The van der Waals surface area contributed by atoms with Crippen LogP contribution < -0.4 is 16.2 Å². The predicted molar refractivity (Wildman–Crippen MR) is 87.5 cm³/mol. The molecule has 0 bridgehead atoms. The highest BCUT2D eigenvalue weighted by Gasteiger charge is 2.03. The lowest BCUT2D eigenvalue weighted by Crippen LogP contribution is -2.13. The van der Waals surface area contributed by atoms with Gasteiger partial charge in [-0.2, -0.15) is 8.78 Å². The number of aryl methyl sites for hydroxylation is 1. The van der Waals surface area contributed by atoms with Crippen molar-refractivity contribution in [3.8, 4) is 5.75 Å². The third-order valence-corrected chi connectivity index (χ3v) is 3.03. The molecule has 7 heteroatoms. The Bertz CT molecular complexity index is 727. The largest absolute Gasteiger partial charge is 0.435 e. The molecule has 0 amide bonds. The normalized spacial score (nSPS) is 12.1. The molecule has 0 saturated carbocycles. The molecule has 0 spiro atoms. The molecule has 2 aromatic rings. The number of aliphatic imine (C=N–C) groups is 2. The average molecular weight is 318 g/mol. The molecule has 0 atom stereocenters. The van der Waals surface area contributed by atoms with Gasteiger partial charge < -0.3 is 16.2 Å². The van der Waals surface area contributed by atoms with Crippen LogP contribution in [0.3, 0.4) is 0 Å². The quantitative estimate of drug-likeness (QED) is 0.504. The number of benzene rings is 2. The van der Waals surface area contributed by atoms with Crippen LogP contribution in [-0.2, 0) is 0 Å². The molecule has 23 heavy (non-hydrogen) atoms. The molecule has 120 valence electrons. The van der Waals surface area contributed by atoms with Gasteiger partial charge in [0.05, 0.1) is 5.69 Å². The van der Waals surface area contributed by atoms with Crippen LogP contribution in [0, 0.1) is 6.92 Å². The first-order chi connectivity index (χ1) is 11.0. The van der Waals surface area contributed by atoms with Gasteiger partial charge in [0, 0.05) is 11.3 Å². The van der Waals surface area contributed by atoms with Crippen LogP contribution in [-0.4, -0.2) is 18.8 Å². The fourth-order valence-electron chi connectivity index (χ4n) is 1.78. The van der Waals surface area contributed by atoms with Crippen LogP contribution in [0.4, 0.5) is 20.2 Å². The summed E-state index contributed by atoms with van der Waals surface area (Å²) in [5, 5.41) is 0. The number of alkyl halides is 2. The number of hydrogen-bond acceptors (Lipinski definition) is 3. The molecule has 0 fully saturated rings. The van der Waals surface area contributed by atoms with E-state index in [0.717, 1.165) is 11.1 Å². The second-order valence-electron chi connectivity index (χ2n) is 4.70. The van der Waals surface area contributed by atoms with Crippen molar-refractivity contribution in [2.24, 2.45) is 15.7 Å². The van der Waals surface area contributed by atoms with Gasteiger partial charge in [0.25, 0.3) is 0 Å². The Balaban J connectivity index is 2.05. The standard InChI is InChI=1S/C16H16F2N4O/c1-10-8-11(2-7-14(10)19)15(20)22-9-21-12-3-5-13(6-4-12)23-16(17)18/h2-9,16H,19H2,1H3,(H2,20,21,22). The molecule has 0 saturated heterocycles. The number of halogens is 2. The molecule has 4 N–H and O–H groups in total. The van der Waals surface area contributed by atoms with Crippen LogP contribution in [0.5, 0.6) is 5.75 Å². The van der Waals surface area contributed by atoms with Crippen molar-refractivity contribution in [3.63, 3.8) is 0 Å². The highest BCUT2D eigenvalue weighted by atomic mass is 19.3. The van der Waals surface area contributed by atoms with E-state index in [0.29, 0.717) is 17.2 Å². The Morgan fingerprint density at radius 1 is 1.17 bits per heavy atom. The van der Waals surface area contributed by atoms with Gasteiger partial charge in [0.15, 0.2) is 0 Å². The minimum Gasteiger partial charge on any atom is -0.435 e. The molecule has 0 aliphatic carbocycles. The number of nitrogens with zero attached hydrogens (tertiary/aromatic N) is 2. The van der Waals surface area contributed by atoms with E-state index >= 15 is 0 Å². The maximum Gasteiger partial charge on any atom is 0.387 e. The van der Waals surface area contributed by atoms with Crippen molar-refractivity contribution in [2.45, 2.75) is 13.5 Å². The van der Waals surface area contributed by atoms with Gasteiger partial charge in [-0.1, -0.05) is 0 Å². The molecule has 0 aromatic heterocycles. The van der Waals surface area contributed by atoms with Crippen molar-refractivity contribution in [2.75, 3.05) is 5.73 Å². The SMILES string of the molecule is Cc1cc(C(N)=NC=Nc2ccc(OC(F)F)cc2)ccc1N. The second kappa shape index (κ2) is 7.35. The van der Waals surface area contributed by atoms with Gasteiger partial charge in [0.1, 0.15) is 17.9 Å². The number of hydrogen-bond donors (Lipinski definition) is 2. The maximum absolute atomic E-state index is 12.0. The average Bonchev–Trinajstić information content (AvgIpc) is 2.51. The van der Waals surface area contributed by atoms with E-state index in [-0.39, 0.29) is 5.75 Å². The fraction of sp³-hybridized carbons (Fsp3) is 0.125. The van der Waals surface area contributed by atoms with Gasteiger partial charge in [0.2, 0.25) is 0 Å². The highest BCUT2D eigenvalue weighted by molar-refractivity contribution is 6.01. The number of rotatable bonds is 5. The molecule has 0 unspecified atom stereocenters. The molecule has 2 aromatic carbocycles. The molecule has 0 radical (unpaired) electrons. The van der Waals surface area contributed by atoms with Crippen LogP contribution in [0.25, 0.3) is 0 Å². The predicted octanol–water partition coefficient (Wildman–Crippen LogP) is 3.24. The highest BCUT2D eigenvalue weighted by Crippen LogP contribution is 2.19. The van der Waals surface area contributed by atoms with Gasteiger partial charge in [-0.3, -0.25) is 0 Å². The van der Waals surface area contributed by atoms with E-state index in [9.17, 15) is 8.78 Å². The third-order valence-electron chi connectivity index (χ3n) is 3.03. The van der Waals surface area contributed by atoms with Gasteiger partial charge in [-0.25, -0.2) is 9.98 Å². The molecule has 0 aliphatic rings. The zero-order chi connectivity index (χ0) is 16.8. The molecule has 5 nitrogen and oxygen atoms in total. The van der Waals surface area contributed by atoms with Gasteiger partial charge >= 0.3 is 6.61 Å². The Labute approximate surface area is 132 Å². The molecular weight excluding hydrogens is 302 g/mol. The summed E-state index contributed by atoms with van der Waals surface area (Å²) >= 11 is 0. The van der Waals surface area contributed by atoms with Crippen LogP contribution in [0.1, 0.15) is 11.1 Å². The number of amidine groups is 1. The summed E-state index contributed by atoms with van der Waals surface area (Å²) in [4.78, 5) is 8.11. The van der Waals surface area contributed by atoms with Crippen molar-refractivity contribution in [3.05, 3.63) is 53.6 Å². The smallest absolute Gasteiger partial charge is 0.387 e. The first kappa shape index (κ1) is 16.4. The van der Waals surface area contributed by atoms with E-state index in [1.165, 1.54) is 30.6 Å². The minimum atomic E-state index is -2.85. The molecule has 0 aliphatic heterocycles. The zero-order valence-electron chi connectivity index (χ0n) is 12.4. The summed E-state index contributed by atoms with van der Waals surface area (Å²) in [5.74, 6) is 0.369. The van der Waals surface area contributed by atoms with Crippen molar-refractivity contribution < 1.29 is 13.5 Å². The monoisotopic (exact) mass is 318 g/mol. The Morgan fingerprint density at radius 3 is 2.48 bits per heavy atom. The number of nitrogen functional groups attached to an aromatic ring is 1. The maximum atomic E-state index is 12.0. The summed E-state index contributed by atoms with van der Waals surface area (Å²) in [6.07, 6.45) is 1.30. The number of ether oxygens (including phenoxy) is 1. The lowest BCUT2D eigenvalue weighted by Gasteiger charge is -2.04. The van der Waals surface area contributed by atoms with E-state index in [2.05, 4.69) is 14.7 Å². The third kappa shape index (κ3) is 4.77. The van der Waals surface area contributed by atoms with E-state index in [1.807, 2.05) is 13.0 Å². The lowest BCUT2D eigenvalue weighted by molar-refractivity contribution is -0.0498. The van der Waals surface area contributed by atoms with Crippen LogP contribution >= 0.6 is 0 Å². The van der Waals surface area contributed by atoms with Crippen LogP contribution in [0.2, 0.25) is 0 Å². The first-order valence-electron chi connectivity index (χ1n) is 6.73. The first-order valence-corrected chi connectivity index (χ1v) is 6.73. The molecular formula is C16H16F2N4O. The number of nitrogens with two attached hydrogens (primary N) is 2. The number of anilines is 1. The van der Waals surface area contributed by atoms with Crippen LogP contribution in [0.15, 0.2) is 52.4 Å². The van der Waals surface area contributed by atoms with E-state index < -0.39 is 6.61 Å². The summed E-state index contributed by atoms with van der Waals surface area (Å²) in [6.45, 7) is -0.972. The Morgan fingerprint density at radius 2 is 1.87 bits per heavy atom. The van der Waals surface area contributed by atoms with Gasteiger partial charge in [-0.15, -0.1) is 0 Å². The summed E-state index contributed by atoms with van der Waals surface area (Å²) in [5.41, 5.74) is 14.5. The second-order valence-corrected chi connectivity index (χ2v) is 4.70. The minimum absolute atomic E-state index is 0.0688. The fourth-order valence-corrected chi connectivity index (χ4v) is 1.78. The summed E-state index contributed by atoms with van der Waals surface area (Å²) in [6, 6.07) is 11.2. The Kier molecular flexibility index (Phi) is 5.24. The topological polar surface area (TPSA) is 86.0 Å². The van der Waals surface area contributed by atoms with E-state index in [1.54, 1.807) is 12.1 Å². The molecule has 0 heterocycles. The zero-order valence-corrected chi connectivity index (χ0v) is 12.4. The Hall–Kier alpha value is -2.96. The molecule has 2 rings (SSSR count). The van der Waals surface area contributed by atoms with Gasteiger partial charge in [-0.05, 0) is 55.0 Å². The summed E-state index contributed by atoms with van der Waals surface area (Å²) < 4.78 is 28.3. The summed E-state index contributed by atoms with van der Waals surface area (Å²) in [7, 11) is 0. The van der Waals surface area contributed by atoms with Crippen molar-refractivity contribution in [1.29, 1.82) is 0 Å². The van der Waals surface area contributed by atoms with Crippen molar-refractivity contribution >= 4 is 23.5 Å². The van der Waals surface area contributed by atoms with Crippen molar-refractivity contribution in [1.82, 2.24) is 0 Å². The lowest BCUT2D eigenvalue weighted by atomic mass is 10.1.